The van der Waals surface area contributed by atoms with Crippen LogP contribution in [0.5, 0.6) is 17.2 Å². The fraction of sp³-hybridized carbons (Fsp3) is 0.158. The molecule has 1 amide bonds. The topological polar surface area (TPSA) is 146 Å². The number of primary sulfonamides is 1. The van der Waals surface area contributed by atoms with Crippen LogP contribution in [0.2, 0.25) is 0 Å². The number of H-pyrrole nitrogens is 1. The van der Waals surface area contributed by atoms with Crippen molar-refractivity contribution in [3.8, 4) is 28.5 Å². The van der Waals surface area contributed by atoms with E-state index in [0.717, 1.165) is 0 Å². The normalized spacial score (nSPS) is 11.1. The largest absolute Gasteiger partial charge is 0.497 e. The zero-order chi connectivity index (χ0) is 21.9. The third kappa shape index (κ3) is 4.53. The van der Waals surface area contributed by atoms with Gasteiger partial charge in [0.15, 0.2) is 0 Å². The summed E-state index contributed by atoms with van der Waals surface area (Å²) in [5, 5.41) is 14.7. The van der Waals surface area contributed by atoms with Crippen molar-refractivity contribution in [2.75, 3.05) is 26.6 Å². The van der Waals surface area contributed by atoms with Crippen LogP contribution in [0.3, 0.4) is 0 Å². The molecule has 10 nitrogen and oxygen atoms in total. The van der Waals surface area contributed by atoms with E-state index in [1.54, 1.807) is 24.3 Å². The molecule has 4 N–H and O–H groups in total. The van der Waals surface area contributed by atoms with Crippen molar-refractivity contribution in [3.05, 3.63) is 48.2 Å². The van der Waals surface area contributed by atoms with Crippen molar-refractivity contribution in [1.29, 1.82) is 0 Å². The lowest BCUT2D eigenvalue weighted by Gasteiger charge is -2.09. The SMILES string of the molecule is COc1cc(NC(=O)c2cc(-c3ccc(OC)c(S(N)(=O)=O)c3)n[nH]2)cc(OC)c1. The molecule has 0 aliphatic heterocycles. The van der Waals surface area contributed by atoms with E-state index < -0.39 is 15.9 Å². The minimum atomic E-state index is -4.01. The molecule has 0 atom stereocenters. The molecule has 0 saturated carbocycles. The molecular weight excluding hydrogens is 412 g/mol. The van der Waals surface area contributed by atoms with Crippen molar-refractivity contribution < 1.29 is 27.4 Å². The number of aromatic nitrogens is 2. The molecule has 0 spiro atoms. The Kier molecular flexibility index (Phi) is 5.94. The predicted octanol–water partition coefficient (Wildman–Crippen LogP) is 2.00. The molecule has 1 aromatic heterocycles. The van der Waals surface area contributed by atoms with E-state index >= 15 is 0 Å². The zero-order valence-corrected chi connectivity index (χ0v) is 17.2. The molecule has 158 valence electrons. The molecule has 0 aliphatic carbocycles. The van der Waals surface area contributed by atoms with Crippen LogP contribution in [-0.2, 0) is 10.0 Å². The molecule has 30 heavy (non-hydrogen) atoms. The first-order valence-corrected chi connectivity index (χ1v) is 10.1. The Labute approximate surface area is 173 Å². The van der Waals surface area contributed by atoms with Crippen molar-refractivity contribution in [2.45, 2.75) is 4.90 Å². The number of rotatable bonds is 7. The third-order valence-electron chi connectivity index (χ3n) is 4.20. The van der Waals surface area contributed by atoms with Crippen molar-refractivity contribution in [3.63, 3.8) is 0 Å². The predicted molar refractivity (Wildman–Crippen MR) is 109 cm³/mol. The van der Waals surface area contributed by atoms with Gasteiger partial charge in [0.1, 0.15) is 27.8 Å². The van der Waals surface area contributed by atoms with Crippen LogP contribution in [0.25, 0.3) is 11.3 Å². The lowest BCUT2D eigenvalue weighted by Crippen LogP contribution is -2.13. The van der Waals surface area contributed by atoms with Gasteiger partial charge in [-0.05, 0) is 24.3 Å². The van der Waals surface area contributed by atoms with Gasteiger partial charge in [0, 0.05) is 29.4 Å². The van der Waals surface area contributed by atoms with Crippen molar-refractivity contribution >= 4 is 21.6 Å². The van der Waals surface area contributed by atoms with E-state index in [2.05, 4.69) is 15.5 Å². The molecule has 0 bridgehead atoms. The molecule has 3 aromatic rings. The van der Waals surface area contributed by atoms with Crippen LogP contribution in [-0.4, -0.2) is 45.9 Å². The highest BCUT2D eigenvalue weighted by Gasteiger charge is 2.18. The number of nitrogens with zero attached hydrogens (tertiary/aromatic N) is 1. The van der Waals surface area contributed by atoms with Crippen molar-refractivity contribution in [1.82, 2.24) is 10.2 Å². The number of hydrogen-bond acceptors (Lipinski definition) is 7. The molecule has 11 heteroatoms. The number of nitrogens with two attached hydrogens (primary N) is 1. The van der Waals surface area contributed by atoms with Gasteiger partial charge in [-0.3, -0.25) is 9.89 Å². The third-order valence-corrected chi connectivity index (χ3v) is 5.13. The lowest BCUT2D eigenvalue weighted by atomic mass is 10.1. The Morgan fingerprint density at radius 1 is 1.00 bits per heavy atom. The van der Waals surface area contributed by atoms with Gasteiger partial charge in [0.25, 0.3) is 5.91 Å². The van der Waals surface area contributed by atoms with E-state index in [4.69, 9.17) is 19.3 Å². The standard InChI is InChI=1S/C19H20N4O6S/c1-27-13-7-12(8-14(9-13)28-2)21-19(24)16-10-15(22-23-16)11-4-5-17(29-3)18(6-11)30(20,25)26/h4-10H,1-3H3,(H,21,24)(H,22,23)(H2,20,25,26). The van der Waals surface area contributed by atoms with E-state index in [1.165, 1.54) is 39.5 Å². The monoisotopic (exact) mass is 432 g/mol. The first-order valence-electron chi connectivity index (χ1n) is 8.56. The summed E-state index contributed by atoms with van der Waals surface area (Å²) in [7, 11) is 0.348. The smallest absolute Gasteiger partial charge is 0.273 e. The molecule has 0 unspecified atom stereocenters. The van der Waals surface area contributed by atoms with Gasteiger partial charge >= 0.3 is 0 Å². The van der Waals surface area contributed by atoms with Crippen LogP contribution in [0, 0.1) is 0 Å². The summed E-state index contributed by atoms with van der Waals surface area (Å²) in [6.07, 6.45) is 0. The first-order chi connectivity index (χ1) is 14.2. The van der Waals surface area contributed by atoms with E-state index in [0.29, 0.717) is 28.4 Å². The van der Waals surface area contributed by atoms with Crippen LogP contribution >= 0.6 is 0 Å². The highest BCUT2D eigenvalue weighted by molar-refractivity contribution is 7.89. The molecule has 1 heterocycles. The Morgan fingerprint density at radius 3 is 2.23 bits per heavy atom. The minimum absolute atomic E-state index is 0.113. The summed E-state index contributed by atoms with van der Waals surface area (Å²) in [6, 6.07) is 10.8. The van der Waals surface area contributed by atoms with Gasteiger partial charge in [-0.1, -0.05) is 0 Å². The van der Waals surface area contributed by atoms with E-state index in [9.17, 15) is 13.2 Å². The van der Waals surface area contributed by atoms with Crippen LogP contribution < -0.4 is 24.7 Å². The number of sulfonamides is 1. The van der Waals surface area contributed by atoms with Gasteiger partial charge < -0.3 is 19.5 Å². The second-order valence-electron chi connectivity index (χ2n) is 6.13. The maximum Gasteiger partial charge on any atom is 0.273 e. The Balaban J connectivity index is 1.87. The molecule has 3 rings (SSSR count). The minimum Gasteiger partial charge on any atom is -0.497 e. The highest BCUT2D eigenvalue weighted by atomic mass is 32.2. The summed E-state index contributed by atoms with van der Waals surface area (Å²) in [5.74, 6) is 0.693. The molecular formula is C19H20N4O6S. The summed E-state index contributed by atoms with van der Waals surface area (Å²) in [6.45, 7) is 0. The van der Waals surface area contributed by atoms with Gasteiger partial charge in [0.2, 0.25) is 10.0 Å². The number of amides is 1. The van der Waals surface area contributed by atoms with E-state index in [-0.39, 0.29) is 16.3 Å². The van der Waals surface area contributed by atoms with Gasteiger partial charge in [-0.2, -0.15) is 5.10 Å². The average molecular weight is 432 g/mol. The fourth-order valence-electron chi connectivity index (χ4n) is 2.72. The summed E-state index contributed by atoms with van der Waals surface area (Å²) in [5.41, 5.74) is 1.43. The second-order valence-corrected chi connectivity index (χ2v) is 7.66. The summed E-state index contributed by atoms with van der Waals surface area (Å²) in [4.78, 5) is 12.4. The quantitative estimate of drug-likeness (QED) is 0.517. The Hall–Kier alpha value is -3.57. The number of benzene rings is 2. The number of methoxy groups -OCH3 is 3. The molecule has 0 radical (unpaired) electrons. The van der Waals surface area contributed by atoms with Gasteiger partial charge in [0.05, 0.1) is 27.0 Å². The van der Waals surface area contributed by atoms with Gasteiger partial charge in [-0.25, -0.2) is 13.6 Å². The number of carbonyl (C=O) groups is 1. The van der Waals surface area contributed by atoms with E-state index in [1.807, 2.05) is 0 Å². The van der Waals surface area contributed by atoms with Crippen LogP contribution in [0.1, 0.15) is 10.5 Å². The molecule has 0 fully saturated rings. The Morgan fingerprint density at radius 2 is 1.67 bits per heavy atom. The second kappa shape index (κ2) is 8.43. The average Bonchev–Trinajstić information content (AvgIpc) is 3.22. The number of anilines is 1. The number of nitrogens with one attached hydrogen (secondary N) is 2. The fourth-order valence-corrected chi connectivity index (χ4v) is 3.45. The summed E-state index contributed by atoms with van der Waals surface area (Å²) < 4.78 is 39.0. The molecule has 0 saturated heterocycles. The highest BCUT2D eigenvalue weighted by Crippen LogP contribution is 2.29. The van der Waals surface area contributed by atoms with Crippen LogP contribution in [0.4, 0.5) is 5.69 Å². The van der Waals surface area contributed by atoms with Crippen molar-refractivity contribution in [2.24, 2.45) is 5.14 Å². The molecule has 0 aliphatic rings. The molecule has 2 aromatic carbocycles. The van der Waals surface area contributed by atoms with Crippen LogP contribution in [0.15, 0.2) is 47.4 Å². The first kappa shape index (κ1) is 21.1. The zero-order valence-electron chi connectivity index (χ0n) is 16.4. The lowest BCUT2D eigenvalue weighted by molar-refractivity contribution is 0.102. The van der Waals surface area contributed by atoms with Gasteiger partial charge in [-0.15, -0.1) is 0 Å². The Bertz CT molecular complexity index is 1170. The summed E-state index contributed by atoms with van der Waals surface area (Å²) >= 11 is 0. The number of carbonyl (C=O) groups excluding carboxylic acids is 1. The maximum atomic E-state index is 12.6. The number of hydrogen-bond donors (Lipinski definition) is 3. The maximum absolute atomic E-state index is 12.6. The number of aromatic amines is 1. The number of ether oxygens (including phenoxy) is 3.